The summed E-state index contributed by atoms with van der Waals surface area (Å²) < 4.78 is 9.84. The van der Waals surface area contributed by atoms with Crippen LogP contribution in [0.15, 0.2) is 24.3 Å². The maximum absolute atomic E-state index is 11.5. The van der Waals surface area contributed by atoms with E-state index in [1.54, 1.807) is 7.11 Å². The SMILES string of the molecule is CCCCc1ccc(CC(=O)OCCOC)cc1. The predicted octanol–water partition coefficient (Wildman–Crippen LogP) is 2.76. The second kappa shape index (κ2) is 8.70. The second-order valence-electron chi connectivity index (χ2n) is 4.31. The largest absolute Gasteiger partial charge is 0.463 e. The molecule has 1 rings (SSSR count). The van der Waals surface area contributed by atoms with Crippen molar-refractivity contribution in [2.45, 2.75) is 32.6 Å². The number of carbonyl (C=O) groups excluding carboxylic acids is 1. The molecule has 0 N–H and O–H groups in total. The first-order valence-corrected chi connectivity index (χ1v) is 6.48. The average molecular weight is 250 g/mol. The Balaban J connectivity index is 2.35. The molecular weight excluding hydrogens is 228 g/mol. The molecule has 3 nitrogen and oxygen atoms in total. The highest BCUT2D eigenvalue weighted by Crippen LogP contribution is 2.08. The molecule has 100 valence electrons. The van der Waals surface area contributed by atoms with Gasteiger partial charge in [-0.15, -0.1) is 0 Å². The van der Waals surface area contributed by atoms with Crippen LogP contribution in [0.2, 0.25) is 0 Å². The Morgan fingerprint density at radius 1 is 1.11 bits per heavy atom. The molecule has 18 heavy (non-hydrogen) atoms. The summed E-state index contributed by atoms with van der Waals surface area (Å²) in [5.74, 6) is -0.201. The number of unbranched alkanes of at least 4 members (excludes halogenated alkanes) is 1. The zero-order valence-corrected chi connectivity index (χ0v) is 11.3. The van der Waals surface area contributed by atoms with Crippen molar-refractivity contribution in [2.24, 2.45) is 0 Å². The van der Waals surface area contributed by atoms with Crippen LogP contribution in [0.3, 0.4) is 0 Å². The van der Waals surface area contributed by atoms with Gasteiger partial charge in [0.1, 0.15) is 6.61 Å². The Labute approximate surface area is 109 Å². The molecule has 0 heterocycles. The summed E-state index contributed by atoms with van der Waals surface area (Å²) in [6, 6.07) is 8.19. The Morgan fingerprint density at radius 3 is 2.39 bits per heavy atom. The molecule has 0 bridgehead atoms. The van der Waals surface area contributed by atoms with Gasteiger partial charge in [0.15, 0.2) is 0 Å². The quantitative estimate of drug-likeness (QED) is 0.525. The van der Waals surface area contributed by atoms with Crippen LogP contribution in [0, 0.1) is 0 Å². The molecule has 0 aliphatic heterocycles. The molecule has 0 saturated heterocycles. The second-order valence-corrected chi connectivity index (χ2v) is 4.31. The fraction of sp³-hybridized carbons (Fsp3) is 0.533. The minimum atomic E-state index is -0.201. The fourth-order valence-electron chi connectivity index (χ4n) is 1.66. The number of hydrogen-bond donors (Lipinski definition) is 0. The van der Waals surface area contributed by atoms with E-state index in [2.05, 4.69) is 19.1 Å². The van der Waals surface area contributed by atoms with Gasteiger partial charge in [-0.2, -0.15) is 0 Å². The summed E-state index contributed by atoms with van der Waals surface area (Å²) in [4.78, 5) is 11.5. The molecule has 0 aliphatic carbocycles. The van der Waals surface area contributed by atoms with Gasteiger partial charge < -0.3 is 9.47 Å². The summed E-state index contributed by atoms with van der Waals surface area (Å²) >= 11 is 0. The third kappa shape index (κ3) is 5.82. The number of aryl methyl sites for hydroxylation is 1. The van der Waals surface area contributed by atoms with Crippen molar-refractivity contribution in [1.82, 2.24) is 0 Å². The first-order chi connectivity index (χ1) is 8.76. The summed E-state index contributed by atoms with van der Waals surface area (Å²) in [5.41, 5.74) is 2.33. The van der Waals surface area contributed by atoms with E-state index >= 15 is 0 Å². The fourth-order valence-corrected chi connectivity index (χ4v) is 1.66. The van der Waals surface area contributed by atoms with E-state index in [-0.39, 0.29) is 5.97 Å². The molecular formula is C15H22O3. The molecule has 0 aliphatic rings. The van der Waals surface area contributed by atoms with Gasteiger partial charge in [0.05, 0.1) is 13.0 Å². The lowest BCUT2D eigenvalue weighted by atomic mass is 10.1. The molecule has 0 atom stereocenters. The molecule has 0 fully saturated rings. The molecule has 0 unspecified atom stereocenters. The first-order valence-electron chi connectivity index (χ1n) is 6.48. The van der Waals surface area contributed by atoms with Crippen LogP contribution in [-0.2, 0) is 27.1 Å². The number of methoxy groups -OCH3 is 1. The molecule has 1 aromatic carbocycles. The number of hydrogen-bond acceptors (Lipinski definition) is 3. The van der Waals surface area contributed by atoms with Gasteiger partial charge >= 0.3 is 5.97 Å². The van der Waals surface area contributed by atoms with Crippen molar-refractivity contribution < 1.29 is 14.3 Å². The summed E-state index contributed by atoms with van der Waals surface area (Å²) in [7, 11) is 1.59. The lowest BCUT2D eigenvalue weighted by Gasteiger charge is -2.05. The van der Waals surface area contributed by atoms with Crippen molar-refractivity contribution in [3.8, 4) is 0 Å². The first kappa shape index (κ1) is 14.7. The standard InChI is InChI=1S/C15H22O3/c1-3-4-5-13-6-8-14(9-7-13)12-15(16)18-11-10-17-2/h6-9H,3-5,10-12H2,1-2H3. The van der Waals surface area contributed by atoms with Crippen LogP contribution in [0.25, 0.3) is 0 Å². The number of benzene rings is 1. The van der Waals surface area contributed by atoms with Gasteiger partial charge in [0.25, 0.3) is 0 Å². The van der Waals surface area contributed by atoms with Gasteiger partial charge in [-0.1, -0.05) is 37.6 Å². The maximum atomic E-state index is 11.5. The minimum Gasteiger partial charge on any atom is -0.463 e. The van der Waals surface area contributed by atoms with E-state index in [0.717, 1.165) is 12.0 Å². The van der Waals surface area contributed by atoms with Crippen molar-refractivity contribution >= 4 is 5.97 Å². The van der Waals surface area contributed by atoms with Crippen LogP contribution in [-0.4, -0.2) is 26.3 Å². The number of carbonyl (C=O) groups is 1. The normalized spacial score (nSPS) is 10.3. The van der Waals surface area contributed by atoms with E-state index in [1.165, 1.54) is 18.4 Å². The van der Waals surface area contributed by atoms with Crippen LogP contribution in [0.1, 0.15) is 30.9 Å². The zero-order valence-electron chi connectivity index (χ0n) is 11.3. The molecule has 0 spiro atoms. The highest BCUT2D eigenvalue weighted by atomic mass is 16.6. The monoisotopic (exact) mass is 250 g/mol. The highest BCUT2D eigenvalue weighted by Gasteiger charge is 2.04. The molecule has 0 saturated carbocycles. The van der Waals surface area contributed by atoms with Crippen molar-refractivity contribution in [2.75, 3.05) is 20.3 Å². The molecule has 3 heteroatoms. The van der Waals surface area contributed by atoms with Crippen LogP contribution in [0.4, 0.5) is 0 Å². The van der Waals surface area contributed by atoms with Crippen molar-refractivity contribution in [3.63, 3.8) is 0 Å². The summed E-state index contributed by atoms with van der Waals surface area (Å²) in [5, 5.41) is 0. The minimum absolute atomic E-state index is 0.201. The lowest BCUT2D eigenvalue weighted by molar-refractivity contribution is -0.144. The van der Waals surface area contributed by atoms with Crippen molar-refractivity contribution in [3.05, 3.63) is 35.4 Å². The molecule has 0 aromatic heterocycles. The number of rotatable bonds is 8. The topological polar surface area (TPSA) is 35.5 Å². The van der Waals surface area contributed by atoms with Crippen LogP contribution in [0.5, 0.6) is 0 Å². The van der Waals surface area contributed by atoms with E-state index in [9.17, 15) is 4.79 Å². The number of esters is 1. The Hall–Kier alpha value is -1.35. The smallest absolute Gasteiger partial charge is 0.310 e. The summed E-state index contributed by atoms with van der Waals surface area (Å²) in [6.07, 6.45) is 3.85. The Kier molecular flexibility index (Phi) is 7.11. The van der Waals surface area contributed by atoms with Crippen LogP contribution < -0.4 is 0 Å². The third-order valence-corrected chi connectivity index (χ3v) is 2.74. The zero-order chi connectivity index (χ0) is 13.2. The predicted molar refractivity (Wildman–Crippen MR) is 71.6 cm³/mol. The number of ether oxygens (including phenoxy) is 2. The molecule has 0 amide bonds. The van der Waals surface area contributed by atoms with Gasteiger partial charge in [-0.05, 0) is 24.0 Å². The van der Waals surface area contributed by atoms with E-state index in [4.69, 9.17) is 9.47 Å². The lowest BCUT2D eigenvalue weighted by Crippen LogP contribution is -2.11. The maximum Gasteiger partial charge on any atom is 0.310 e. The Morgan fingerprint density at radius 2 is 1.78 bits per heavy atom. The van der Waals surface area contributed by atoms with E-state index in [0.29, 0.717) is 19.6 Å². The highest BCUT2D eigenvalue weighted by molar-refractivity contribution is 5.72. The van der Waals surface area contributed by atoms with Gasteiger partial charge in [-0.3, -0.25) is 4.79 Å². The van der Waals surface area contributed by atoms with E-state index in [1.807, 2.05) is 12.1 Å². The summed E-state index contributed by atoms with van der Waals surface area (Å²) in [6.45, 7) is 2.95. The van der Waals surface area contributed by atoms with Crippen LogP contribution >= 0.6 is 0 Å². The third-order valence-electron chi connectivity index (χ3n) is 2.74. The van der Waals surface area contributed by atoms with E-state index < -0.39 is 0 Å². The van der Waals surface area contributed by atoms with Gasteiger partial charge in [0.2, 0.25) is 0 Å². The van der Waals surface area contributed by atoms with Crippen molar-refractivity contribution in [1.29, 1.82) is 0 Å². The molecule has 0 radical (unpaired) electrons. The van der Waals surface area contributed by atoms with Gasteiger partial charge in [-0.25, -0.2) is 0 Å². The Bertz CT molecular complexity index is 343. The van der Waals surface area contributed by atoms with Gasteiger partial charge in [0, 0.05) is 7.11 Å². The average Bonchev–Trinajstić information content (AvgIpc) is 2.38. The molecule has 1 aromatic rings.